The minimum atomic E-state index is -0.979. The van der Waals surface area contributed by atoms with Crippen LogP contribution in [0.25, 0.3) is 11.3 Å². The van der Waals surface area contributed by atoms with Crippen LogP contribution in [-0.4, -0.2) is 64.5 Å². The average Bonchev–Trinajstić information content (AvgIpc) is 2.63. The molecule has 0 bridgehead atoms. The van der Waals surface area contributed by atoms with Crippen LogP contribution in [0.1, 0.15) is 15.9 Å². The van der Waals surface area contributed by atoms with Gasteiger partial charge in [-0.1, -0.05) is 24.3 Å². The number of aromatic nitrogens is 1. The van der Waals surface area contributed by atoms with Crippen molar-refractivity contribution in [3.63, 3.8) is 0 Å². The summed E-state index contributed by atoms with van der Waals surface area (Å²) >= 11 is 0. The second-order valence-electron chi connectivity index (χ2n) is 6.55. The molecule has 1 amide bonds. The maximum Gasteiger partial charge on any atom is 0.336 e. The Morgan fingerprint density at radius 3 is 2.65 bits per heavy atom. The minimum absolute atomic E-state index is 0.223. The Kier molecular flexibility index (Phi) is 5.29. The lowest BCUT2D eigenvalue weighted by molar-refractivity contribution is -0.125. The number of rotatable bonds is 5. The molecule has 0 radical (unpaired) electrons. The molecule has 2 heterocycles. The molecule has 0 unspecified atom stereocenters. The standard InChI is InChI=1S/C19H22N4O3/c1-22-8-9-23(17(12-22)18(20)24)11-13-6-7-16(21-10-13)14-4-2-3-5-15(14)19(25)26/h2-7,10,17H,8-9,11-12H2,1H3,(H2,20,24)(H,25,26)/t17-/m0/s1. The molecule has 1 fully saturated rings. The second-order valence-corrected chi connectivity index (χ2v) is 6.55. The number of likely N-dealkylation sites (N-methyl/N-ethyl adjacent to an activating group) is 1. The van der Waals surface area contributed by atoms with Crippen molar-refractivity contribution >= 4 is 11.9 Å². The van der Waals surface area contributed by atoms with Crippen molar-refractivity contribution < 1.29 is 14.7 Å². The highest BCUT2D eigenvalue weighted by atomic mass is 16.4. The first kappa shape index (κ1) is 18.0. The number of carboxylic acid groups (broad SMARTS) is 1. The third-order valence-electron chi connectivity index (χ3n) is 4.67. The third-order valence-corrected chi connectivity index (χ3v) is 4.67. The van der Waals surface area contributed by atoms with Crippen molar-refractivity contribution in [2.45, 2.75) is 12.6 Å². The molecule has 1 saturated heterocycles. The van der Waals surface area contributed by atoms with Crippen LogP contribution in [0.15, 0.2) is 42.6 Å². The van der Waals surface area contributed by atoms with E-state index >= 15 is 0 Å². The Morgan fingerprint density at radius 2 is 2.00 bits per heavy atom. The van der Waals surface area contributed by atoms with Crippen LogP contribution in [0, 0.1) is 0 Å². The Bertz CT molecular complexity index is 807. The van der Waals surface area contributed by atoms with Crippen molar-refractivity contribution in [1.82, 2.24) is 14.8 Å². The molecule has 3 N–H and O–H groups in total. The van der Waals surface area contributed by atoms with Gasteiger partial charge in [-0.25, -0.2) is 4.79 Å². The van der Waals surface area contributed by atoms with E-state index in [1.807, 2.05) is 19.2 Å². The minimum Gasteiger partial charge on any atom is -0.478 e. The summed E-state index contributed by atoms with van der Waals surface area (Å²) in [5, 5.41) is 9.32. The van der Waals surface area contributed by atoms with Gasteiger partial charge in [0.25, 0.3) is 0 Å². The molecule has 3 rings (SSSR count). The molecular weight excluding hydrogens is 332 g/mol. The highest BCUT2D eigenvalue weighted by Gasteiger charge is 2.29. The predicted octanol–water partition coefficient (Wildman–Crippen LogP) is 1.05. The maximum absolute atomic E-state index is 11.7. The molecule has 1 aliphatic rings. The van der Waals surface area contributed by atoms with E-state index in [1.165, 1.54) is 0 Å². The van der Waals surface area contributed by atoms with E-state index in [-0.39, 0.29) is 17.5 Å². The lowest BCUT2D eigenvalue weighted by Gasteiger charge is -2.38. The van der Waals surface area contributed by atoms with Gasteiger partial charge >= 0.3 is 5.97 Å². The fourth-order valence-corrected chi connectivity index (χ4v) is 3.22. The van der Waals surface area contributed by atoms with Gasteiger partial charge in [-0.2, -0.15) is 0 Å². The Balaban J connectivity index is 1.78. The van der Waals surface area contributed by atoms with Crippen LogP contribution in [0.4, 0.5) is 0 Å². The molecular formula is C19H22N4O3. The monoisotopic (exact) mass is 354 g/mol. The van der Waals surface area contributed by atoms with Gasteiger partial charge in [0, 0.05) is 37.9 Å². The number of aromatic carboxylic acids is 1. The van der Waals surface area contributed by atoms with Gasteiger partial charge in [-0.3, -0.25) is 14.7 Å². The smallest absolute Gasteiger partial charge is 0.336 e. The van der Waals surface area contributed by atoms with Crippen LogP contribution in [0.3, 0.4) is 0 Å². The van der Waals surface area contributed by atoms with E-state index < -0.39 is 5.97 Å². The van der Waals surface area contributed by atoms with Gasteiger partial charge in [0.2, 0.25) is 5.91 Å². The summed E-state index contributed by atoms with van der Waals surface area (Å²) in [4.78, 5) is 31.7. The number of nitrogens with zero attached hydrogens (tertiary/aromatic N) is 3. The summed E-state index contributed by atoms with van der Waals surface area (Å²) in [6, 6.07) is 10.2. The molecule has 0 saturated carbocycles. The lowest BCUT2D eigenvalue weighted by Crippen LogP contribution is -2.56. The van der Waals surface area contributed by atoms with Gasteiger partial charge in [0.15, 0.2) is 0 Å². The number of primary amides is 1. The van der Waals surface area contributed by atoms with E-state index in [4.69, 9.17) is 5.73 Å². The molecule has 1 aliphatic heterocycles. The fraction of sp³-hybridized carbons (Fsp3) is 0.316. The summed E-state index contributed by atoms with van der Waals surface area (Å²) in [5.74, 6) is -1.30. The topological polar surface area (TPSA) is 99.8 Å². The summed E-state index contributed by atoms with van der Waals surface area (Å²) in [7, 11) is 1.98. The summed E-state index contributed by atoms with van der Waals surface area (Å²) in [5.41, 5.74) is 7.91. The first-order valence-corrected chi connectivity index (χ1v) is 8.45. The number of carboxylic acids is 1. The molecule has 0 aliphatic carbocycles. The van der Waals surface area contributed by atoms with Crippen molar-refractivity contribution in [3.8, 4) is 11.3 Å². The number of hydrogen-bond acceptors (Lipinski definition) is 5. The molecule has 7 nitrogen and oxygen atoms in total. The van der Waals surface area contributed by atoms with E-state index in [1.54, 1.807) is 30.5 Å². The summed E-state index contributed by atoms with van der Waals surface area (Å²) in [6.45, 7) is 2.83. The molecule has 0 spiro atoms. The van der Waals surface area contributed by atoms with Crippen molar-refractivity contribution in [1.29, 1.82) is 0 Å². The van der Waals surface area contributed by atoms with Gasteiger partial charge in [0.05, 0.1) is 11.3 Å². The largest absolute Gasteiger partial charge is 0.478 e. The number of hydrogen-bond donors (Lipinski definition) is 2. The molecule has 2 aromatic rings. The zero-order chi connectivity index (χ0) is 18.7. The van der Waals surface area contributed by atoms with Crippen molar-refractivity contribution in [2.24, 2.45) is 5.73 Å². The molecule has 7 heteroatoms. The number of benzene rings is 1. The molecule has 1 aromatic heterocycles. The van der Waals surface area contributed by atoms with Crippen LogP contribution in [-0.2, 0) is 11.3 Å². The van der Waals surface area contributed by atoms with Gasteiger partial charge in [-0.05, 0) is 24.7 Å². The fourth-order valence-electron chi connectivity index (χ4n) is 3.22. The summed E-state index contributed by atoms with van der Waals surface area (Å²) < 4.78 is 0. The Hall–Kier alpha value is -2.77. The van der Waals surface area contributed by atoms with Gasteiger partial charge < -0.3 is 15.7 Å². The number of piperazine rings is 1. The predicted molar refractivity (Wildman–Crippen MR) is 97.5 cm³/mol. The highest BCUT2D eigenvalue weighted by molar-refractivity contribution is 5.95. The molecule has 136 valence electrons. The number of carbonyl (C=O) groups excluding carboxylic acids is 1. The number of pyridine rings is 1. The average molecular weight is 354 g/mol. The van der Waals surface area contributed by atoms with Crippen LogP contribution in [0.2, 0.25) is 0 Å². The number of nitrogens with two attached hydrogens (primary N) is 1. The van der Waals surface area contributed by atoms with Crippen molar-refractivity contribution in [2.75, 3.05) is 26.7 Å². The van der Waals surface area contributed by atoms with E-state index in [0.717, 1.165) is 18.7 Å². The van der Waals surface area contributed by atoms with Crippen LogP contribution in [0.5, 0.6) is 0 Å². The zero-order valence-corrected chi connectivity index (χ0v) is 14.6. The van der Waals surface area contributed by atoms with Gasteiger partial charge in [0.1, 0.15) is 6.04 Å². The summed E-state index contributed by atoms with van der Waals surface area (Å²) in [6.07, 6.45) is 1.73. The van der Waals surface area contributed by atoms with Gasteiger partial charge in [-0.15, -0.1) is 0 Å². The second kappa shape index (κ2) is 7.63. The van der Waals surface area contributed by atoms with E-state index in [0.29, 0.717) is 24.3 Å². The number of amides is 1. The van der Waals surface area contributed by atoms with Crippen LogP contribution >= 0.6 is 0 Å². The van der Waals surface area contributed by atoms with E-state index in [2.05, 4.69) is 14.8 Å². The first-order chi connectivity index (χ1) is 12.5. The SMILES string of the molecule is CN1CCN(Cc2ccc(-c3ccccc3C(=O)O)nc2)[C@H](C(N)=O)C1. The quantitative estimate of drug-likeness (QED) is 0.832. The molecule has 1 atom stereocenters. The Labute approximate surface area is 152 Å². The Morgan fingerprint density at radius 1 is 1.23 bits per heavy atom. The van der Waals surface area contributed by atoms with E-state index in [9.17, 15) is 14.7 Å². The zero-order valence-electron chi connectivity index (χ0n) is 14.6. The van der Waals surface area contributed by atoms with Crippen molar-refractivity contribution in [3.05, 3.63) is 53.7 Å². The normalized spacial score (nSPS) is 18.6. The number of carbonyl (C=O) groups is 2. The molecule has 26 heavy (non-hydrogen) atoms. The first-order valence-electron chi connectivity index (χ1n) is 8.45. The third kappa shape index (κ3) is 3.89. The highest BCUT2D eigenvalue weighted by Crippen LogP contribution is 2.22. The maximum atomic E-state index is 11.7. The van der Waals surface area contributed by atoms with Crippen LogP contribution < -0.4 is 5.73 Å². The molecule has 1 aromatic carbocycles. The lowest BCUT2D eigenvalue weighted by atomic mass is 10.0.